The highest BCUT2D eigenvalue weighted by Crippen LogP contribution is 2.45. The minimum atomic E-state index is 0.580. The second-order valence-corrected chi connectivity index (χ2v) is 3.50. The van der Waals surface area contributed by atoms with Crippen LogP contribution in [0.25, 0.3) is 0 Å². The van der Waals surface area contributed by atoms with Crippen molar-refractivity contribution in [1.29, 1.82) is 0 Å². The standard InChI is InChI=1S/C8H15Cl/c1-2-4-8(7-9)5-3-6-8/h2-7H2,1H3. The molecule has 0 saturated heterocycles. The van der Waals surface area contributed by atoms with Crippen LogP contribution in [0.3, 0.4) is 0 Å². The van der Waals surface area contributed by atoms with Crippen molar-refractivity contribution in [2.45, 2.75) is 39.0 Å². The average Bonchev–Trinajstić information content (AvgIpc) is 1.79. The molecule has 1 rings (SSSR count). The van der Waals surface area contributed by atoms with Crippen molar-refractivity contribution in [3.63, 3.8) is 0 Å². The fourth-order valence-electron chi connectivity index (χ4n) is 1.66. The lowest BCUT2D eigenvalue weighted by atomic mass is 9.68. The van der Waals surface area contributed by atoms with E-state index in [1.165, 1.54) is 32.1 Å². The summed E-state index contributed by atoms with van der Waals surface area (Å²) >= 11 is 5.84. The number of hydrogen-bond acceptors (Lipinski definition) is 0. The van der Waals surface area contributed by atoms with Gasteiger partial charge in [0.1, 0.15) is 0 Å². The van der Waals surface area contributed by atoms with Crippen LogP contribution >= 0.6 is 11.6 Å². The van der Waals surface area contributed by atoms with E-state index in [1.54, 1.807) is 0 Å². The van der Waals surface area contributed by atoms with Crippen molar-refractivity contribution in [3.05, 3.63) is 0 Å². The maximum absolute atomic E-state index is 5.84. The Morgan fingerprint density at radius 2 is 2.11 bits per heavy atom. The lowest BCUT2D eigenvalue weighted by molar-refractivity contribution is 0.150. The summed E-state index contributed by atoms with van der Waals surface area (Å²) in [6, 6.07) is 0. The summed E-state index contributed by atoms with van der Waals surface area (Å²) in [5.74, 6) is 0.890. The Balaban J connectivity index is 2.28. The van der Waals surface area contributed by atoms with Crippen molar-refractivity contribution in [1.82, 2.24) is 0 Å². The van der Waals surface area contributed by atoms with Crippen LogP contribution in [-0.4, -0.2) is 5.88 Å². The Morgan fingerprint density at radius 1 is 1.44 bits per heavy atom. The van der Waals surface area contributed by atoms with Crippen LogP contribution in [0, 0.1) is 5.41 Å². The highest BCUT2D eigenvalue weighted by molar-refractivity contribution is 6.18. The molecular weight excluding hydrogens is 132 g/mol. The lowest BCUT2D eigenvalue weighted by Gasteiger charge is -2.40. The van der Waals surface area contributed by atoms with Gasteiger partial charge < -0.3 is 0 Å². The number of hydrogen-bond donors (Lipinski definition) is 0. The van der Waals surface area contributed by atoms with Gasteiger partial charge in [-0.25, -0.2) is 0 Å². The molecule has 0 heterocycles. The molecule has 0 spiro atoms. The van der Waals surface area contributed by atoms with Gasteiger partial charge in [0, 0.05) is 5.88 Å². The predicted molar refractivity (Wildman–Crippen MR) is 41.9 cm³/mol. The van der Waals surface area contributed by atoms with Gasteiger partial charge in [-0.1, -0.05) is 19.8 Å². The summed E-state index contributed by atoms with van der Waals surface area (Å²) in [5.41, 5.74) is 0.580. The Hall–Kier alpha value is 0.290. The van der Waals surface area contributed by atoms with E-state index in [4.69, 9.17) is 11.6 Å². The van der Waals surface area contributed by atoms with Crippen molar-refractivity contribution in [2.75, 3.05) is 5.88 Å². The van der Waals surface area contributed by atoms with E-state index < -0.39 is 0 Å². The van der Waals surface area contributed by atoms with Crippen LogP contribution in [0.4, 0.5) is 0 Å². The molecule has 0 aromatic heterocycles. The molecule has 9 heavy (non-hydrogen) atoms. The van der Waals surface area contributed by atoms with E-state index in [1.807, 2.05) is 0 Å². The monoisotopic (exact) mass is 146 g/mol. The molecule has 0 amide bonds. The van der Waals surface area contributed by atoms with Crippen LogP contribution in [0.2, 0.25) is 0 Å². The second-order valence-electron chi connectivity index (χ2n) is 3.24. The van der Waals surface area contributed by atoms with E-state index in [0.717, 1.165) is 5.88 Å². The summed E-state index contributed by atoms with van der Waals surface area (Å²) in [6.45, 7) is 2.24. The molecule has 1 aliphatic carbocycles. The lowest BCUT2D eigenvalue weighted by Crippen LogP contribution is -2.30. The minimum Gasteiger partial charge on any atom is -0.126 e. The highest BCUT2D eigenvalue weighted by Gasteiger charge is 2.34. The van der Waals surface area contributed by atoms with Crippen molar-refractivity contribution in [2.24, 2.45) is 5.41 Å². The summed E-state index contributed by atoms with van der Waals surface area (Å²) in [4.78, 5) is 0. The fourth-order valence-corrected chi connectivity index (χ4v) is 2.06. The molecule has 0 radical (unpaired) electrons. The first-order valence-electron chi connectivity index (χ1n) is 3.89. The average molecular weight is 147 g/mol. The molecule has 0 aliphatic heterocycles. The highest BCUT2D eigenvalue weighted by atomic mass is 35.5. The zero-order valence-corrected chi connectivity index (χ0v) is 6.88. The Labute approximate surface area is 62.6 Å². The van der Waals surface area contributed by atoms with Crippen LogP contribution < -0.4 is 0 Å². The summed E-state index contributed by atoms with van der Waals surface area (Å²) in [7, 11) is 0. The minimum absolute atomic E-state index is 0.580. The normalized spacial score (nSPS) is 23.3. The third-order valence-corrected chi connectivity index (χ3v) is 3.04. The zero-order valence-electron chi connectivity index (χ0n) is 6.12. The first kappa shape index (κ1) is 7.40. The van der Waals surface area contributed by atoms with Crippen LogP contribution in [0.5, 0.6) is 0 Å². The Bertz CT molecular complexity index is 79.1. The van der Waals surface area contributed by atoms with Crippen molar-refractivity contribution in [3.8, 4) is 0 Å². The Morgan fingerprint density at radius 3 is 2.22 bits per heavy atom. The fraction of sp³-hybridized carbons (Fsp3) is 1.00. The van der Waals surface area contributed by atoms with Crippen LogP contribution in [-0.2, 0) is 0 Å². The predicted octanol–water partition coefficient (Wildman–Crippen LogP) is 3.20. The van der Waals surface area contributed by atoms with Gasteiger partial charge in [-0.2, -0.15) is 0 Å². The Kier molecular flexibility index (Phi) is 2.40. The molecule has 0 aromatic rings. The molecule has 0 unspecified atom stereocenters. The number of halogens is 1. The molecule has 0 N–H and O–H groups in total. The second kappa shape index (κ2) is 2.92. The molecule has 1 aliphatic rings. The van der Waals surface area contributed by atoms with Crippen molar-refractivity contribution >= 4 is 11.6 Å². The molecule has 1 fully saturated rings. The van der Waals surface area contributed by atoms with Gasteiger partial charge in [-0.15, -0.1) is 11.6 Å². The van der Waals surface area contributed by atoms with Gasteiger partial charge >= 0.3 is 0 Å². The molecule has 54 valence electrons. The zero-order chi connectivity index (χ0) is 6.74. The largest absolute Gasteiger partial charge is 0.126 e. The maximum atomic E-state index is 5.84. The SMILES string of the molecule is CCCC1(CCl)CCC1. The first-order valence-corrected chi connectivity index (χ1v) is 4.42. The van der Waals surface area contributed by atoms with Gasteiger partial charge in [-0.05, 0) is 24.7 Å². The number of rotatable bonds is 3. The van der Waals surface area contributed by atoms with Crippen molar-refractivity contribution < 1.29 is 0 Å². The van der Waals surface area contributed by atoms with Gasteiger partial charge in [0.2, 0.25) is 0 Å². The third-order valence-electron chi connectivity index (χ3n) is 2.48. The van der Waals surface area contributed by atoms with Gasteiger partial charge in [0.15, 0.2) is 0 Å². The quantitative estimate of drug-likeness (QED) is 0.537. The van der Waals surface area contributed by atoms with E-state index in [2.05, 4.69) is 6.92 Å². The molecule has 1 saturated carbocycles. The molecule has 0 atom stereocenters. The molecule has 0 bridgehead atoms. The summed E-state index contributed by atoms with van der Waals surface area (Å²) in [6.07, 6.45) is 6.81. The topological polar surface area (TPSA) is 0 Å². The summed E-state index contributed by atoms with van der Waals surface area (Å²) in [5, 5.41) is 0. The van der Waals surface area contributed by atoms with Gasteiger partial charge in [-0.3, -0.25) is 0 Å². The van der Waals surface area contributed by atoms with E-state index >= 15 is 0 Å². The molecule has 1 heteroatoms. The number of alkyl halides is 1. The summed E-state index contributed by atoms with van der Waals surface area (Å²) < 4.78 is 0. The molecule has 0 aromatic carbocycles. The van der Waals surface area contributed by atoms with E-state index in [9.17, 15) is 0 Å². The smallest absolute Gasteiger partial charge is 0.0279 e. The maximum Gasteiger partial charge on any atom is 0.0279 e. The first-order chi connectivity index (χ1) is 4.33. The van der Waals surface area contributed by atoms with Crippen LogP contribution in [0.1, 0.15) is 39.0 Å². The molecule has 0 nitrogen and oxygen atoms in total. The van der Waals surface area contributed by atoms with Gasteiger partial charge in [0.25, 0.3) is 0 Å². The van der Waals surface area contributed by atoms with E-state index in [-0.39, 0.29) is 0 Å². The van der Waals surface area contributed by atoms with Crippen LogP contribution in [0.15, 0.2) is 0 Å². The van der Waals surface area contributed by atoms with E-state index in [0.29, 0.717) is 5.41 Å². The third kappa shape index (κ3) is 1.40. The van der Waals surface area contributed by atoms with Gasteiger partial charge in [0.05, 0.1) is 0 Å². The molecular formula is C8H15Cl.